The van der Waals surface area contributed by atoms with E-state index in [0.717, 1.165) is 12.5 Å². The van der Waals surface area contributed by atoms with E-state index in [1.165, 1.54) is 39.5 Å². The van der Waals surface area contributed by atoms with E-state index in [2.05, 4.69) is 23.0 Å². The first-order valence-corrected chi connectivity index (χ1v) is 7.73. The molecule has 0 spiro atoms. The molecular weight excluding hydrogens is 248 g/mol. The van der Waals surface area contributed by atoms with Crippen molar-refractivity contribution in [2.45, 2.75) is 32.2 Å². The summed E-state index contributed by atoms with van der Waals surface area (Å²) in [5.41, 5.74) is 4.02. The fraction of sp³-hybridized carbons (Fsp3) is 0.462. The van der Waals surface area contributed by atoms with Crippen LogP contribution in [0.25, 0.3) is 10.6 Å². The van der Waals surface area contributed by atoms with Gasteiger partial charge in [0.1, 0.15) is 5.01 Å². The van der Waals surface area contributed by atoms with Crippen molar-refractivity contribution >= 4 is 22.7 Å². The Labute approximate surface area is 110 Å². The Hall–Kier alpha value is -0.710. The van der Waals surface area contributed by atoms with Gasteiger partial charge in [-0.3, -0.25) is 0 Å². The lowest BCUT2D eigenvalue weighted by atomic mass is 10.2. The number of thiophene rings is 1. The summed E-state index contributed by atoms with van der Waals surface area (Å²) in [5.74, 6) is 0.738. The van der Waals surface area contributed by atoms with Gasteiger partial charge in [0.05, 0.1) is 5.69 Å². The molecule has 4 heteroatoms. The van der Waals surface area contributed by atoms with E-state index >= 15 is 0 Å². The maximum atomic E-state index is 4.88. The average molecular weight is 264 g/mol. The third kappa shape index (κ3) is 2.17. The number of thiazole rings is 1. The van der Waals surface area contributed by atoms with Gasteiger partial charge in [0.15, 0.2) is 0 Å². The van der Waals surface area contributed by atoms with Gasteiger partial charge in [0.2, 0.25) is 0 Å². The second-order valence-electron chi connectivity index (χ2n) is 4.60. The molecule has 1 saturated carbocycles. The molecule has 0 bridgehead atoms. The first-order valence-electron chi connectivity index (χ1n) is 5.97. The van der Waals surface area contributed by atoms with Crippen LogP contribution in [0, 0.1) is 6.92 Å². The molecule has 0 unspecified atom stereocenters. The second-order valence-corrected chi connectivity index (χ2v) is 6.43. The van der Waals surface area contributed by atoms with Crippen molar-refractivity contribution in [1.29, 1.82) is 0 Å². The van der Waals surface area contributed by atoms with Gasteiger partial charge in [0.25, 0.3) is 0 Å². The van der Waals surface area contributed by atoms with Crippen LogP contribution in [0.3, 0.4) is 0 Å². The number of rotatable bonds is 4. The minimum Gasteiger partial charge on any atom is -0.315 e. The minimum absolute atomic E-state index is 0.738. The van der Waals surface area contributed by atoms with Crippen LogP contribution in [0.4, 0.5) is 0 Å². The molecule has 90 valence electrons. The number of hydrogen-bond acceptors (Lipinski definition) is 4. The minimum atomic E-state index is 0.738. The van der Waals surface area contributed by atoms with E-state index in [0.29, 0.717) is 0 Å². The summed E-state index contributed by atoms with van der Waals surface area (Å²) >= 11 is 3.62. The van der Waals surface area contributed by atoms with Crippen LogP contribution in [-0.2, 0) is 6.54 Å². The maximum Gasteiger partial charge on any atom is 0.125 e. The van der Waals surface area contributed by atoms with Crippen LogP contribution in [0.1, 0.15) is 34.9 Å². The lowest BCUT2D eigenvalue weighted by Gasteiger charge is -1.97. The molecular formula is C13H16N2S2. The molecule has 2 nitrogen and oxygen atoms in total. The van der Waals surface area contributed by atoms with Crippen molar-refractivity contribution < 1.29 is 0 Å². The molecule has 0 atom stereocenters. The van der Waals surface area contributed by atoms with E-state index < -0.39 is 0 Å². The van der Waals surface area contributed by atoms with Crippen molar-refractivity contribution in [2.24, 2.45) is 0 Å². The zero-order valence-electron chi connectivity index (χ0n) is 10.1. The van der Waals surface area contributed by atoms with Crippen LogP contribution in [0.2, 0.25) is 0 Å². The Bertz CT molecular complexity index is 523. The predicted molar refractivity (Wildman–Crippen MR) is 74.9 cm³/mol. The molecule has 2 heterocycles. The van der Waals surface area contributed by atoms with E-state index in [9.17, 15) is 0 Å². The van der Waals surface area contributed by atoms with Gasteiger partial charge in [-0.1, -0.05) is 0 Å². The Morgan fingerprint density at radius 3 is 2.82 bits per heavy atom. The molecule has 3 rings (SSSR count). The normalized spacial score (nSPS) is 15.4. The fourth-order valence-corrected chi connectivity index (χ4v) is 4.17. The van der Waals surface area contributed by atoms with Gasteiger partial charge in [-0.05, 0) is 37.8 Å². The Morgan fingerprint density at radius 1 is 1.41 bits per heavy atom. The van der Waals surface area contributed by atoms with Crippen LogP contribution in [0.15, 0.2) is 10.8 Å². The SMILES string of the molecule is CNCc1sc(-c2cscc2C)nc1C1CC1. The van der Waals surface area contributed by atoms with E-state index in [-0.39, 0.29) is 0 Å². The number of nitrogens with one attached hydrogen (secondary N) is 1. The molecule has 0 aromatic carbocycles. The molecule has 0 amide bonds. The Morgan fingerprint density at radius 2 is 2.24 bits per heavy atom. The number of nitrogens with zero attached hydrogens (tertiary/aromatic N) is 1. The lowest BCUT2D eigenvalue weighted by molar-refractivity contribution is 0.813. The molecule has 0 radical (unpaired) electrons. The van der Waals surface area contributed by atoms with Gasteiger partial charge in [0, 0.05) is 28.3 Å². The molecule has 1 fully saturated rings. The molecule has 2 aromatic rings. The van der Waals surface area contributed by atoms with Crippen LogP contribution < -0.4 is 5.32 Å². The highest BCUT2D eigenvalue weighted by Crippen LogP contribution is 2.44. The zero-order chi connectivity index (χ0) is 11.8. The van der Waals surface area contributed by atoms with Crippen LogP contribution >= 0.6 is 22.7 Å². The standard InChI is InChI=1S/C13H16N2S2/c1-8-6-16-7-10(8)13-15-12(9-3-4-9)11(17-13)5-14-2/h6-7,9,14H,3-5H2,1-2H3. The summed E-state index contributed by atoms with van der Waals surface area (Å²) in [6.45, 7) is 3.12. The smallest absolute Gasteiger partial charge is 0.125 e. The Kier molecular flexibility index (Phi) is 3.03. The van der Waals surface area contributed by atoms with Gasteiger partial charge in [-0.2, -0.15) is 11.3 Å². The molecule has 1 N–H and O–H groups in total. The number of aromatic nitrogens is 1. The molecule has 2 aromatic heterocycles. The number of hydrogen-bond donors (Lipinski definition) is 1. The molecule has 17 heavy (non-hydrogen) atoms. The van der Waals surface area contributed by atoms with Crippen molar-refractivity contribution in [3.05, 3.63) is 26.9 Å². The fourth-order valence-electron chi connectivity index (χ4n) is 2.02. The summed E-state index contributed by atoms with van der Waals surface area (Å²) in [6, 6.07) is 0. The van der Waals surface area contributed by atoms with Crippen molar-refractivity contribution in [3.63, 3.8) is 0 Å². The summed E-state index contributed by atoms with van der Waals surface area (Å²) < 4.78 is 0. The summed E-state index contributed by atoms with van der Waals surface area (Å²) in [6.07, 6.45) is 2.64. The molecule has 0 aliphatic heterocycles. The largest absolute Gasteiger partial charge is 0.315 e. The summed E-state index contributed by atoms with van der Waals surface area (Å²) in [7, 11) is 2.01. The van der Waals surface area contributed by atoms with Gasteiger partial charge in [-0.15, -0.1) is 11.3 Å². The maximum absolute atomic E-state index is 4.88. The zero-order valence-corrected chi connectivity index (χ0v) is 11.8. The van der Waals surface area contributed by atoms with Gasteiger partial charge < -0.3 is 5.32 Å². The van der Waals surface area contributed by atoms with Gasteiger partial charge in [-0.25, -0.2) is 4.98 Å². The lowest BCUT2D eigenvalue weighted by Crippen LogP contribution is -2.05. The highest BCUT2D eigenvalue weighted by Gasteiger charge is 2.29. The first-order chi connectivity index (χ1) is 8.29. The molecule has 0 saturated heterocycles. The highest BCUT2D eigenvalue weighted by atomic mass is 32.1. The van der Waals surface area contributed by atoms with Crippen LogP contribution in [0.5, 0.6) is 0 Å². The summed E-state index contributed by atoms with van der Waals surface area (Å²) in [4.78, 5) is 6.31. The van der Waals surface area contributed by atoms with E-state index in [1.807, 2.05) is 18.4 Å². The topological polar surface area (TPSA) is 24.9 Å². The second kappa shape index (κ2) is 4.52. The van der Waals surface area contributed by atoms with Gasteiger partial charge >= 0.3 is 0 Å². The molecule has 1 aliphatic rings. The van der Waals surface area contributed by atoms with Crippen molar-refractivity contribution in [1.82, 2.24) is 10.3 Å². The van der Waals surface area contributed by atoms with E-state index in [4.69, 9.17) is 4.98 Å². The number of aryl methyl sites for hydroxylation is 1. The first kappa shape index (κ1) is 11.4. The predicted octanol–water partition coefficient (Wildman–Crippen LogP) is 3.78. The van der Waals surface area contributed by atoms with Crippen LogP contribution in [-0.4, -0.2) is 12.0 Å². The highest BCUT2D eigenvalue weighted by molar-refractivity contribution is 7.15. The van der Waals surface area contributed by atoms with Crippen molar-refractivity contribution in [2.75, 3.05) is 7.05 Å². The van der Waals surface area contributed by atoms with Crippen molar-refractivity contribution in [3.8, 4) is 10.6 Å². The summed E-state index contributed by atoms with van der Waals surface area (Å²) in [5, 5.41) is 8.87. The molecule has 1 aliphatic carbocycles. The third-order valence-electron chi connectivity index (χ3n) is 3.11. The monoisotopic (exact) mass is 264 g/mol. The quantitative estimate of drug-likeness (QED) is 0.909. The Balaban J connectivity index is 2.00. The van der Waals surface area contributed by atoms with E-state index in [1.54, 1.807) is 11.3 Å². The third-order valence-corrected chi connectivity index (χ3v) is 5.08. The average Bonchev–Trinajstić information content (AvgIpc) is 2.94.